The summed E-state index contributed by atoms with van der Waals surface area (Å²) in [6, 6.07) is 2.64. The van der Waals surface area contributed by atoms with Crippen molar-refractivity contribution in [2.45, 2.75) is 25.7 Å². The predicted octanol–water partition coefficient (Wildman–Crippen LogP) is 0.494. The van der Waals surface area contributed by atoms with Gasteiger partial charge in [0.15, 0.2) is 0 Å². The van der Waals surface area contributed by atoms with E-state index in [1.54, 1.807) is 31.2 Å². The molecule has 1 aromatic carbocycles. The molecule has 11 nitrogen and oxygen atoms in total. The van der Waals surface area contributed by atoms with Crippen LogP contribution in [0.5, 0.6) is 5.75 Å². The van der Waals surface area contributed by atoms with Gasteiger partial charge >= 0.3 is 12.1 Å². The van der Waals surface area contributed by atoms with Crippen LogP contribution in [0.4, 0.5) is 9.59 Å². The number of likely N-dealkylation sites (tertiary alicyclic amines) is 2. The third-order valence-corrected chi connectivity index (χ3v) is 7.69. The van der Waals surface area contributed by atoms with Crippen LogP contribution < -0.4 is 11.5 Å². The van der Waals surface area contributed by atoms with E-state index in [1.807, 2.05) is 0 Å². The number of carbonyl (C=O) groups excluding carboxylic acids is 6. The smallest absolute Gasteiger partial charge is 0.328 e. The first kappa shape index (κ1) is 21.8. The molecule has 2 aliphatic carbocycles. The summed E-state index contributed by atoms with van der Waals surface area (Å²) in [4.78, 5) is 76.8. The van der Waals surface area contributed by atoms with Crippen molar-refractivity contribution in [1.29, 1.82) is 0 Å². The van der Waals surface area contributed by atoms with Gasteiger partial charge in [-0.3, -0.25) is 19.2 Å². The molecule has 0 aromatic heterocycles. The minimum atomic E-state index is -1.20. The Bertz CT molecular complexity index is 1240. The van der Waals surface area contributed by atoms with Gasteiger partial charge in [0.2, 0.25) is 23.6 Å². The van der Waals surface area contributed by atoms with Gasteiger partial charge in [0.25, 0.3) is 0 Å². The number of hydrogen-bond acceptors (Lipinski definition) is 7. The number of nitrogens with zero attached hydrogens (tertiary/aromatic N) is 2. The molecule has 8 amide bonds. The van der Waals surface area contributed by atoms with E-state index in [1.165, 1.54) is 0 Å². The van der Waals surface area contributed by atoms with Crippen molar-refractivity contribution in [3.8, 4) is 5.75 Å². The number of imide groups is 6. The SMILES string of the molecule is Cc1cccc([C@H]2C3=CC[C@@H]4C(=O)N(C(N)=O)C(=O)[C@@H]4[C@@H]3C[C@H]3C(=O)N(C(N)=O)C(=O)[C@@H]23)c1O. The lowest BCUT2D eigenvalue weighted by Crippen LogP contribution is -2.44. The first-order chi connectivity index (χ1) is 16.1. The molecule has 176 valence electrons. The second kappa shape index (κ2) is 7.24. The number of phenolic OH excluding ortho intramolecular Hbond substituents is 1. The van der Waals surface area contributed by atoms with Gasteiger partial charge in [-0.2, -0.15) is 9.80 Å². The predicted molar refractivity (Wildman–Crippen MR) is 113 cm³/mol. The number of nitrogens with two attached hydrogens (primary N) is 2. The lowest BCUT2D eigenvalue weighted by atomic mass is 9.57. The number of benzene rings is 1. The number of amides is 8. The summed E-state index contributed by atoms with van der Waals surface area (Å²) >= 11 is 0. The average molecular weight is 466 g/mol. The van der Waals surface area contributed by atoms with E-state index in [4.69, 9.17) is 11.5 Å². The first-order valence-electron chi connectivity index (χ1n) is 10.9. The maximum atomic E-state index is 13.2. The standard InChI is InChI=1S/C23H22N4O7/c1-8-3-2-4-10(17(8)28)14-9-5-6-11-15(20(31)26(18(11)29)22(24)33)12(9)7-13-16(14)21(32)27(19(13)30)23(25)34/h2-5,11-16,28H,6-7H2,1H3,(H2,24,33)(H2,25,34)/t11-,12+,13+,14+,15-,16+/m0/s1. The molecular weight excluding hydrogens is 444 g/mol. The molecule has 0 radical (unpaired) electrons. The van der Waals surface area contributed by atoms with Crippen molar-refractivity contribution in [1.82, 2.24) is 9.80 Å². The van der Waals surface area contributed by atoms with E-state index < -0.39 is 71.2 Å². The van der Waals surface area contributed by atoms with Crippen LogP contribution >= 0.6 is 0 Å². The highest BCUT2D eigenvalue weighted by atomic mass is 16.3. The van der Waals surface area contributed by atoms with Crippen molar-refractivity contribution in [2.75, 3.05) is 0 Å². The molecule has 1 aromatic rings. The summed E-state index contributed by atoms with van der Waals surface area (Å²) in [5, 5.41) is 10.9. The molecule has 5 rings (SSSR count). The van der Waals surface area contributed by atoms with Crippen molar-refractivity contribution < 1.29 is 33.9 Å². The number of fused-ring (bicyclic) bond motifs is 4. The average Bonchev–Trinajstić information content (AvgIpc) is 3.18. The van der Waals surface area contributed by atoms with Gasteiger partial charge in [-0.1, -0.05) is 29.8 Å². The van der Waals surface area contributed by atoms with Crippen LogP contribution in [0.1, 0.15) is 29.9 Å². The highest BCUT2D eigenvalue weighted by molar-refractivity contribution is 6.18. The molecule has 3 fully saturated rings. The molecule has 0 spiro atoms. The molecule has 0 unspecified atom stereocenters. The van der Waals surface area contributed by atoms with Crippen molar-refractivity contribution >= 4 is 35.7 Å². The Hall–Kier alpha value is -4.02. The third kappa shape index (κ3) is 2.69. The maximum Gasteiger partial charge on any atom is 0.328 e. The minimum Gasteiger partial charge on any atom is -0.507 e. The first-order valence-corrected chi connectivity index (χ1v) is 10.9. The van der Waals surface area contributed by atoms with Crippen LogP contribution in [0.15, 0.2) is 29.8 Å². The summed E-state index contributed by atoms with van der Waals surface area (Å²) in [5.41, 5.74) is 12.1. The van der Waals surface area contributed by atoms with Gasteiger partial charge < -0.3 is 16.6 Å². The summed E-state index contributed by atoms with van der Waals surface area (Å²) in [7, 11) is 0. The van der Waals surface area contributed by atoms with E-state index in [0.717, 1.165) is 0 Å². The second-order valence-corrected chi connectivity index (χ2v) is 9.24. The van der Waals surface area contributed by atoms with E-state index in [0.29, 0.717) is 26.5 Å². The topological polar surface area (TPSA) is 181 Å². The largest absolute Gasteiger partial charge is 0.507 e. The van der Waals surface area contributed by atoms with Gasteiger partial charge in [-0.25, -0.2) is 9.59 Å². The molecular formula is C23H22N4O7. The Kier molecular flexibility index (Phi) is 4.64. The van der Waals surface area contributed by atoms with E-state index in [2.05, 4.69) is 0 Å². The molecule has 5 N–H and O–H groups in total. The number of hydrogen-bond donors (Lipinski definition) is 3. The Morgan fingerprint density at radius 2 is 1.47 bits per heavy atom. The lowest BCUT2D eigenvalue weighted by molar-refractivity contribution is -0.138. The summed E-state index contributed by atoms with van der Waals surface area (Å²) in [6.07, 6.45) is 1.89. The molecule has 2 aliphatic heterocycles. The van der Waals surface area contributed by atoms with Gasteiger partial charge in [0.05, 0.1) is 23.7 Å². The van der Waals surface area contributed by atoms with Crippen LogP contribution in [0, 0.1) is 36.5 Å². The molecule has 2 heterocycles. The zero-order chi connectivity index (χ0) is 24.6. The van der Waals surface area contributed by atoms with Crippen molar-refractivity contribution in [3.63, 3.8) is 0 Å². The van der Waals surface area contributed by atoms with Crippen LogP contribution in [0.3, 0.4) is 0 Å². The Balaban J connectivity index is 1.69. The van der Waals surface area contributed by atoms with Crippen LogP contribution in [0.2, 0.25) is 0 Å². The normalized spacial score (nSPS) is 32.3. The maximum absolute atomic E-state index is 13.2. The zero-order valence-corrected chi connectivity index (χ0v) is 18.1. The fourth-order valence-corrected chi connectivity index (χ4v) is 6.30. The second-order valence-electron chi connectivity index (χ2n) is 9.24. The molecule has 0 bridgehead atoms. The fraction of sp³-hybridized carbons (Fsp3) is 0.391. The van der Waals surface area contributed by atoms with Crippen LogP contribution in [0.25, 0.3) is 0 Å². The van der Waals surface area contributed by atoms with E-state index >= 15 is 0 Å². The van der Waals surface area contributed by atoms with Crippen LogP contribution in [-0.4, -0.2) is 50.6 Å². The Morgan fingerprint density at radius 1 is 0.882 bits per heavy atom. The van der Waals surface area contributed by atoms with Gasteiger partial charge in [0.1, 0.15) is 5.75 Å². The summed E-state index contributed by atoms with van der Waals surface area (Å²) in [6.45, 7) is 1.68. The number of primary amides is 2. The number of allylic oxidation sites excluding steroid dienone is 2. The fourth-order valence-electron chi connectivity index (χ4n) is 6.30. The van der Waals surface area contributed by atoms with Gasteiger partial charge in [0, 0.05) is 11.5 Å². The van der Waals surface area contributed by atoms with Gasteiger partial charge in [-0.15, -0.1) is 0 Å². The number of phenols is 1. The number of rotatable bonds is 1. The summed E-state index contributed by atoms with van der Waals surface area (Å²) < 4.78 is 0. The number of aryl methyl sites for hydroxylation is 1. The monoisotopic (exact) mass is 466 g/mol. The van der Waals surface area contributed by atoms with E-state index in [-0.39, 0.29) is 18.6 Å². The van der Waals surface area contributed by atoms with Crippen molar-refractivity contribution in [3.05, 3.63) is 41.0 Å². The lowest BCUT2D eigenvalue weighted by Gasteiger charge is -2.44. The molecule has 4 aliphatic rings. The number of para-hydroxylation sites is 1. The molecule has 6 atom stereocenters. The third-order valence-electron chi connectivity index (χ3n) is 7.69. The van der Waals surface area contributed by atoms with Gasteiger partial charge in [-0.05, 0) is 31.2 Å². The minimum absolute atomic E-state index is 0.0146. The Labute approximate surface area is 193 Å². The molecule has 2 saturated heterocycles. The van der Waals surface area contributed by atoms with E-state index in [9.17, 15) is 33.9 Å². The quantitative estimate of drug-likeness (QED) is 0.398. The highest BCUT2D eigenvalue weighted by Gasteiger charge is 2.63. The summed E-state index contributed by atoms with van der Waals surface area (Å²) in [5.74, 6) is -8.30. The molecule has 34 heavy (non-hydrogen) atoms. The molecule has 1 saturated carbocycles. The number of aromatic hydroxyl groups is 1. The number of carbonyl (C=O) groups is 6. The van der Waals surface area contributed by atoms with Crippen LogP contribution in [-0.2, 0) is 19.2 Å². The molecule has 11 heteroatoms. The van der Waals surface area contributed by atoms with Crippen molar-refractivity contribution in [2.24, 2.45) is 41.1 Å². The Morgan fingerprint density at radius 3 is 2.09 bits per heavy atom. The number of urea groups is 2. The zero-order valence-electron chi connectivity index (χ0n) is 18.1. The highest BCUT2D eigenvalue weighted by Crippen LogP contribution is 2.58.